The van der Waals surface area contributed by atoms with Crippen molar-refractivity contribution in [2.45, 2.75) is 176 Å². The Morgan fingerprint density at radius 2 is 0.844 bits per heavy atom. The molecule has 1 N–H and O–H groups in total. The van der Waals surface area contributed by atoms with Gasteiger partial charge >= 0.3 is 5.97 Å². The summed E-state index contributed by atoms with van der Waals surface area (Å²) < 4.78 is 0. The first-order chi connectivity index (χ1) is 15.5. The summed E-state index contributed by atoms with van der Waals surface area (Å²) in [6.07, 6.45) is 27.2. The Labute approximate surface area is 202 Å². The van der Waals surface area contributed by atoms with Crippen molar-refractivity contribution in [2.75, 3.05) is 0 Å². The molecule has 0 aromatic rings. The highest BCUT2D eigenvalue weighted by molar-refractivity contribution is 5.75. The molecule has 0 fully saturated rings. The fourth-order valence-electron chi connectivity index (χ4n) is 6.16. The minimum atomic E-state index is -0.540. The molecule has 0 aromatic carbocycles. The van der Waals surface area contributed by atoms with E-state index in [0.717, 1.165) is 38.5 Å². The Kier molecular flexibility index (Phi) is 19.6. The first-order valence-electron chi connectivity index (χ1n) is 14.7. The van der Waals surface area contributed by atoms with Crippen LogP contribution < -0.4 is 0 Å². The number of aliphatic carboxylic acids is 1. The maximum absolute atomic E-state index is 12.6. The highest BCUT2D eigenvalue weighted by atomic mass is 16.4. The second-order valence-corrected chi connectivity index (χ2v) is 10.5. The smallest absolute Gasteiger partial charge is 0.310 e. The van der Waals surface area contributed by atoms with Gasteiger partial charge in [0.15, 0.2) is 0 Å². The number of unbranched alkanes of at least 4 members (excludes halogenated alkanes) is 15. The third kappa shape index (κ3) is 11.1. The zero-order chi connectivity index (χ0) is 24.1. The van der Waals surface area contributed by atoms with Crippen molar-refractivity contribution in [2.24, 2.45) is 10.8 Å². The minimum Gasteiger partial charge on any atom is -0.481 e. The fraction of sp³-hybridized carbons (Fsp3) is 0.967. The molecule has 2 heteroatoms. The maximum atomic E-state index is 12.6. The summed E-state index contributed by atoms with van der Waals surface area (Å²) in [5, 5.41) is 10.4. The lowest BCUT2D eigenvalue weighted by Crippen LogP contribution is -2.47. The Morgan fingerprint density at radius 1 is 0.500 bits per heavy atom. The summed E-state index contributed by atoms with van der Waals surface area (Å²) in [4.78, 5) is 12.6. The molecular formula is C30H60O2. The monoisotopic (exact) mass is 452 g/mol. The van der Waals surface area contributed by atoms with Gasteiger partial charge in [-0.05, 0) is 37.5 Å². The molecule has 2 nitrogen and oxygen atoms in total. The van der Waals surface area contributed by atoms with Gasteiger partial charge in [0.05, 0.1) is 5.41 Å². The second kappa shape index (κ2) is 19.9. The van der Waals surface area contributed by atoms with Crippen molar-refractivity contribution >= 4 is 5.97 Å². The van der Waals surface area contributed by atoms with Crippen LogP contribution in [0.5, 0.6) is 0 Å². The van der Waals surface area contributed by atoms with E-state index in [-0.39, 0.29) is 5.41 Å². The highest BCUT2D eigenvalue weighted by Crippen LogP contribution is 2.54. The van der Waals surface area contributed by atoms with Crippen LogP contribution >= 0.6 is 0 Å². The third-order valence-electron chi connectivity index (χ3n) is 8.60. The van der Waals surface area contributed by atoms with E-state index in [2.05, 4.69) is 34.6 Å². The molecule has 1 unspecified atom stereocenters. The molecule has 192 valence electrons. The Hall–Kier alpha value is -0.530. The standard InChI is InChI=1S/C30H60O2/c1-6-11-13-15-16-17-18-19-20-21-22-23-24-26-29(8-3,9-4)30(10-5,28(31)32)27-25-14-12-7-2/h6-27H2,1-5H3,(H,31,32). The number of hydrogen-bond acceptors (Lipinski definition) is 1. The normalized spacial score (nSPS) is 13.9. The van der Waals surface area contributed by atoms with Gasteiger partial charge in [-0.3, -0.25) is 4.79 Å². The fourth-order valence-corrected chi connectivity index (χ4v) is 6.16. The zero-order valence-corrected chi connectivity index (χ0v) is 22.9. The minimum absolute atomic E-state index is 0.0441. The molecule has 1 atom stereocenters. The molecular weight excluding hydrogens is 392 g/mol. The third-order valence-corrected chi connectivity index (χ3v) is 8.60. The Bertz CT molecular complexity index is 427. The second-order valence-electron chi connectivity index (χ2n) is 10.5. The van der Waals surface area contributed by atoms with Gasteiger partial charge in [0, 0.05) is 0 Å². The van der Waals surface area contributed by atoms with E-state index in [1.807, 2.05) is 0 Å². The Morgan fingerprint density at radius 3 is 1.19 bits per heavy atom. The van der Waals surface area contributed by atoms with Gasteiger partial charge in [0.1, 0.15) is 0 Å². The van der Waals surface area contributed by atoms with Gasteiger partial charge in [-0.2, -0.15) is 0 Å². The van der Waals surface area contributed by atoms with Gasteiger partial charge in [-0.15, -0.1) is 0 Å². The van der Waals surface area contributed by atoms with Crippen LogP contribution in [0.2, 0.25) is 0 Å². The predicted molar refractivity (Wildman–Crippen MR) is 142 cm³/mol. The van der Waals surface area contributed by atoms with Crippen LogP contribution in [0.25, 0.3) is 0 Å². The largest absolute Gasteiger partial charge is 0.481 e. The molecule has 0 saturated carbocycles. The molecule has 0 radical (unpaired) electrons. The van der Waals surface area contributed by atoms with Crippen molar-refractivity contribution in [1.82, 2.24) is 0 Å². The van der Waals surface area contributed by atoms with Crippen LogP contribution in [-0.2, 0) is 4.79 Å². The van der Waals surface area contributed by atoms with E-state index in [1.165, 1.54) is 103 Å². The number of carboxylic acid groups (broad SMARTS) is 1. The van der Waals surface area contributed by atoms with E-state index in [1.54, 1.807) is 0 Å². The van der Waals surface area contributed by atoms with Crippen LogP contribution in [0.15, 0.2) is 0 Å². The quantitative estimate of drug-likeness (QED) is 0.148. The average molecular weight is 453 g/mol. The lowest BCUT2D eigenvalue weighted by atomic mass is 9.55. The van der Waals surface area contributed by atoms with Crippen molar-refractivity contribution in [1.29, 1.82) is 0 Å². The summed E-state index contributed by atoms with van der Waals surface area (Å²) in [5.74, 6) is -0.533. The Balaban J connectivity index is 4.39. The van der Waals surface area contributed by atoms with Gasteiger partial charge in [0.25, 0.3) is 0 Å². The maximum Gasteiger partial charge on any atom is 0.310 e. The van der Waals surface area contributed by atoms with E-state index in [9.17, 15) is 9.90 Å². The zero-order valence-electron chi connectivity index (χ0n) is 22.9. The number of hydrogen-bond donors (Lipinski definition) is 1. The first kappa shape index (κ1) is 31.5. The van der Waals surface area contributed by atoms with Crippen molar-refractivity contribution < 1.29 is 9.90 Å². The van der Waals surface area contributed by atoms with Crippen molar-refractivity contribution in [3.05, 3.63) is 0 Å². The van der Waals surface area contributed by atoms with Crippen LogP contribution in [0, 0.1) is 10.8 Å². The molecule has 0 saturated heterocycles. The van der Waals surface area contributed by atoms with Crippen molar-refractivity contribution in [3.8, 4) is 0 Å². The van der Waals surface area contributed by atoms with E-state index in [4.69, 9.17) is 0 Å². The summed E-state index contributed by atoms with van der Waals surface area (Å²) in [5.41, 5.74) is -0.584. The number of carboxylic acids is 1. The molecule has 0 aliphatic rings. The molecule has 0 bridgehead atoms. The predicted octanol–water partition coefficient (Wildman–Crippen LogP) is 10.7. The van der Waals surface area contributed by atoms with Gasteiger partial charge in [-0.1, -0.05) is 144 Å². The average Bonchev–Trinajstić information content (AvgIpc) is 2.80. The number of rotatable bonds is 24. The molecule has 0 rings (SSSR count). The molecule has 0 aliphatic carbocycles. The highest BCUT2D eigenvalue weighted by Gasteiger charge is 2.52. The van der Waals surface area contributed by atoms with Crippen LogP contribution in [0.4, 0.5) is 0 Å². The molecule has 32 heavy (non-hydrogen) atoms. The summed E-state index contributed by atoms with van der Waals surface area (Å²) in [7, 11) is 0. The van der Waals surface area contributed by atoms with Gasteiger partial charge in [-0.25, -0.2) is 0 Å². The summed E-state index contributed by atoms with van der Waals surface area (Å²) in [6, 6.07) is 0. The lowest BCUT2D eigenvalue weighted by Gasteiger charge is -2.48. The SMILES string of the molecule is CCCCCCCCCCCCCCCC(CC)(CC)C(CC)(CCCCCC)C(=O)O. The molecule has 0 spiro atoms. The first-order valence-corrected chi connectivity index (χ1v) is 14.7. The summed E-state index contributed by atoms with van der Waals surface area (Å²) in [6.45, 7) is 11.1. The van der Waals surface area contributed by atoms with Crippen LogP contribution in [0.3, 0.4) is 0 Å². The van der Waals surface area contributed by atoms with E-state index >= 15 is 0 Å². The van der Waals surface area contributed by atoms with Crippen molar-refractivity contribution in [3.63, 3.8) is 0 Å². The van der Waals surface area contributed by atoms with E-state index in [0.29, 0.717) is 0 Å². The van der Waals surface area contributed by atoms with Crippen LogP contribution in [0.1, 0.15) is 176 Å². The van der Waals surface area contributed by atoms with E-state index < -0.39 is 11.4 Å². The number of carbonyl (C=O) groups is 1. The molecule has 0 amide bonds. The topological polar surface area (TPSA) is 37.3 Å². The summed E-state index contributed by atoms with van der Waals surface area (Å²) >= 11 is 0. The molecule has 0 heterocycles. The van der Waals surface area contributed by atoms with Crippen LogP contribution in [-0.4, -0.2) is 11.1 Å². The van der Waals surface area contributed by atoms with Gasteiger partial charge in [0.2, 0.25) is 0 Å². The molecule has 0 aliphatic heterocycles. The lowest BCUT2D eigenvalue weighted by molar-refractivity contribution is -0.162. The molecule has 0 aromatic heterocycles. The van der Waals surface area contributed by atoms with Gasteiger partial charge < -0.3 is 5.11 Å².